The third-order valence-corrected chi connectivity index (χ3v) is 8.74. The van der Waals surface area contributed by atoms with E-state index in [0.29, 0.717) is 29.8 Å². The molecule has 1 N–H and O–H groups in total. The summed E-state index contributed by atoms with van der Waals surface area (Å²) in [7, 11) is 1.60. The number of methoxy groups -OCH3 is 1. The maximum absolute atomic E-state index is 15.1. The number of carbonyl (C=O) groups is 1. The highest BCUT2D eigenvalue weighted by molar-refractivity contribution is 5.71. The zero-order valence-electron chi connectivity index (χ0n) is 23.2. The third-order valence-electron chi connectivity index (χ3n) is 8.74. The largest absolute Gasteiger partial charge is 0.497 e. The quantitative estimate of drug-likeness (QED) is 0.285. The Morgan fingerprint density at radius 1 is 1.00 bits per heavy atom. The summed E-state index contributed by atoms with van der Waals surface area (Å²) in [5.41, 5.74) is 4.82. The van der Waals surface area contributed by atoms with Gasteiger partial charge in [0.15, 0.2) is 0 Å². The van der Waals surface area contributed by atoms with Gasteiger partial charge in [0.05, 0.1) is 13.5 Å². The smallest absolute Gasteiger partial charge is 0.303 e. The maximum atomic E-state index is 15.1. The van der Waals surface area contributed by atoms with Crippen LogP contribution in [0.5, 0.6) is 11.5 Å². The molecule has 0 bridgehead atoms. The second-order valence-corrected chi connectivity index (χ2v) is 12.0. The number of hydrogen-bond donors (Lipinski definition) is 1. The number of aliphatic carboxylic acids is 1. The molecule has 5 heteroatoms. The molecule has 0 unspecified atom stereocenters. The first-order valence-electron chi connectivity index (χ1n) is 14.2. The molecular formula is C34H39FO4. The highest BCUT2D eigenvalue weighted by atomic mass is 19.1. The molecule has 3 aromatic carbocycles. The van der Waals surface area contributed by atoms with E-state index in [9.17, 15) is 9.90 Å². The van der Waals surface area contributed by atoms with Crippen LogP contribution in [0.25, 0.3) is 11.1 Å². The van der Waals surface area contributed by atoms with Gasteiger partial charge in [0.2, 0.25) is 0 Å². The molecule has 39 heavy (non-hydrogen) atoms. The van der Waals surface area contributed by atoms with Crippen LogP contribution in [0, 0.1) is 17.2 Å². The average Bonchev–Trinajstić information content (AvgIpc) is 3.76. The van der Waals surface area contributed by atoms with Gasteiger partial charge in [0.25, 0.3) is 0 Å². The van der Waals surface area contributed by atoms with E-state index in [1.54, 1.807) is 19.2 Å². The molecule has 5 rings (SSSR count). The summed E-state index contributed by atoms with van der Waals surface area (Å²) in [5, 5.41) is 9.40. The van der Waals surface area contributed by atoms with Crippen LogP contribution in [0.1, 0.15) is 87.3 Å². The summed E-state index contributed by atoms with van der Waals surface area (Å²) in [4.78, 5) is 11.4. The first kappa shape index (κ1) is 27.2. The molecule has 2 atom stereocenters. The van der Waals surface area contributed by atoms with Crippen molar-refractivity contribution in [2.45, 2.75) is 77.2 Å². The van der Waals surface area contributed by atoms with Crippen molar-refractivity contribution in [3.05, 3.63) is 83.2 Å². The number of ether oxygens (including phenoxy) is 2. The highest BCUT2D eigenvalue weighted by Crippen LogP contribution is 2.50. The first-order chi connectivity index (χ1) is 18.7. The van der Waals surface area contributed by atoms with Gasteiger partial charge < -0.3 is 14.6 Å². The standard InChI is InChI=1S/C34H39FO4/c1-34(2)16-5-4-9-31(34)29-17-22(10-14-27(29)30-19-25(38-3)13-15-32(30)35)21-39-26-8-6-7-24(18-26)28(20-33(36)37)23-11-12-23/h6-8,10,13-15,17-19,23,28,31H,4-5,9,11-12,16,20-21H2,1-3H3,(H,36,37)/t28-,31-/m0/s1. The monoisotopic (exact) mass is 530 g/mol. The van der Waals surface area contributed by atoms with Crippen LogP contribution in [0.3, 0.4) is 0 Å². The Morgan fingerprint density at radius 2 is 1.82 bits per heavy atom. The molecule has 0 saturated heterocycles. The zero-order chi connectivity index (χ0) is 27.6. The Hall–Kier alpha value is -3.34. The van der Waals surface area contributed by atoms with Crippen molar-refractivity contribution >= 4 is 5.97 Å². The van der Waals surface area contributed by atoms with E-state index < -0.39 is 5.97 Å². The SMILES string of the molecule is COc1ccc(F)c(-c2ccc(COc3cccc([C@@H](CC(=O)O)C4CC4)c3)cc2[C@@H]2CCCCC2(C)C)c1. The second kappa shape index (κ2) is 11.4. The molecule has 3 aromatic rings. The van der Waals surface area contributed by atoms with Crippen LogP contribution >= 0.6 is 0 Å². The molecule has 0 aromatic heterocycles. The lowest BCUT2D eigenvalue weighted by Crippen LogP contribution is -2.26. The van der Waals surface area contributed by atoms with Crippen LogP contribution in [0.15, 0.2) is 60.7 Å². The van der Waals surface area contributed by atoms with Gasteiger partial charge in [-0.2, -0.15) is 0 Å². The molecule has 2 aliphatic carbocycles. The number of hydrogen-bond acceptors (Lipinski definition) is 3. The summed E-state index contributed by atoms with van der Waals surface area (Å²) < 4.78 is 26.8. The van der Waals surface area contributed by atoms with Crippen LogP contribution in [-0.2, 0) is 11.4 Å². The summed E-state index contributed by atoms with van der Waals surface area (Å²) in [6.07, 6.45) is 6.92. The van der Waals surface area contributed by atoms with Gasteiger partial charge in [-0.3, -0.25) is 4.79 Å². The molecular weight excluding hydrogens is 491 g/mol. The van der Waals surface area contributed by atoms with Gasteiger partial charge in [0, 0.05) is 5.56 Å². The number of carboxylic acid groups (broad SMARTS) is 1. The lowest BCUT2D eigenvalue weighted by atomic mass is 9.65. The molecule has 4 nitrogen and oxygen atoms in total. The van der Waals surface area contributed by atoms with E-state index in [1.807, 2.05) is 36.4 Å². The molecule has 0 amide bonds. The summed E-state index contributed by atoms with van der Waals surface area (Å²) >= 11 is 0. The number of halogens is 1. The molecule has 2 fully saturated rings. The minimum Gasteiger partial charge on any atom is -0.497 e. The zero-order valence-corrected chi connectivity index (χ0v) is 23.2. The normalized spacial score (nSPS) is 19.3. The third kappa shape index (κ3) is 6.29. The molecule has 0 spiro atoms. The Kier molecular flexibility index (Phi) is 7.97. The van der Waals surface area contributed by atoms with Crippen molar-refractivity contribution in [2.75, 3.05) is 7.11 Å². The van der Waals surface area contributed by atoms with Crippen molar-refractivity contribution in [3.8, 4) is 22.6 Å². The van der Waals surface area contributed by atoms with E-state index >= 15 is 4.39 Å². The summed E-state index contributed by atoms with van der Waals surface area (Å²) in [6, 6.07) is 19.1. The Bertz CT molecular complexity index is 1330. The van der Waals surface area contributed by atoms with Gasteiger partial charge in [-0.1, -0.05) is 57.0 Å². The van der Waals surface area contributed by atoms with Gasteiger partial charge in [-0.25, -0.2) is 4.39 Å². The number of rotatable bonds is 10. The summed E-state index contributed by atoms with van der Waals surface area (Å²) in [6.45, 7) is 5.03. The van der Waals surface area contributed by atoms with E-state index in [0.717, 1.165) is 53.7 Å². The van der Waals surface area contributed by atoms with Crippen molar-refractivity contribution < 1.29 is 23.8 Å². The number of benzene rings is 3. The van der Waals surface area contributed by atoms with Crippen LogP contribution in [-0.4, -0.2) is 18.2 Å². The lowest BCUT2D eigenvalue weighted by molar-refractivity contribution is -0.137. The van der Waals surface area contributed by atoms with Crippen molar-refractivity contribution in [1.29, 1.82) is 0 Å². The van der Waals surface area contributed by atoms with Crippen LogP contribution in [0.4, 0.5) is 4.39 Å². The summed E-state index contributed by atoms with van der Waals surface area (Å²) in [5.74, 6) is 1.16. The molecule has 2 saturated carbocycles. The first-order valence-corrected chi connectivity index (χ1v) is 14.2. The van der Waals surface area contributed by atoms with Gasteiger partial charge in [0.1, 0.15) is 23.9 Å². The van der Waals surface area contributed by atoms with Gasteiger partial charge >= 0.3 is 5.97 Å². The Balaban J connectivity index is 1.44. The maximum Gasteiger partial charge on any atom is 0.303 e. The van der Waals surface area contributed by atoms with E-state index in [4.69, 9.17) is 9.47 Å². The molecule has 0 radical (unpaired) electrons. The molecule has 2 aliphatic rings. The fourth-order valence-electron chi connectivity index (χ4n) is 6.39. The predicted molar refractivity (Wildman–Crippen MR) is 152 cm³/mol. The van der Waals surface area contributed by atoms with Crippen molar-refractivity contribution in [2.24, 2.45) is 11.3 Å². The topological polar surface area (TPSA) is 55.8 Å². The highest BCUT2D eigenvalue weighted by Gasteiger charge is 2.35. The Labute approximate surface area is 231 Å². The van der Waals surface area contributed by atoms with Gasteiger partial charge in [-0.15, -0.1) is 0 Å². The number of carboxylic acids is 1. The van der Waals surface area contributed by atoms with Crippen molar-refractivity contribution in [3.63, 3.8) is 0 Å². The van der Waals surface area contributed by atoms with Crippen LogP contribution < -0.4 is 9.47 Å². The van der Waals surface area contributed by atoms with Gasteiger partial charge in [-0.05, 0) is 101 Å². The molecule has 0 heterocycles. The van der Waals surface area contributed by atoms with E-state index in [2.05, 4.69) is 19.9 Å². The predicted octanol–water partition coefficient (Wildman–Crippen LogP) is 8.73. The minimum absolute atomic E-state index is 0.0308. The van der Waals surface area contributed by atoms with E-state index in [-0.39, 0.29) is 23.6 Å². The molecule has 206 valence electrons. The minimum atomic E-state index is -0.760. The van der Waals surface area contributed by atoms with Crippen molar-refractivity contribution in [1.82, 2.24) is 0 Å². The van der Waals surface area contributed by atoms with Crippen LogP contribution in [0.2, 0.25) is 0 Å². The Morgan fingerprint density at radius 3 is 2.54 bits per heavy atom. The molecule has 0 aliphatic heterocycles. The lowest BCUT2D eigenvalue weighted by Gasteiger charge is -2.40. The fourth-order valence-corrected chi connectivity index (χ4v) is 6.39. The fraction of sp³-hybridized carbons (Fsp3) is 0.441. The van der Waals surface area contributed by atoms with E-state index in [1.165, 1.54) is 18.9 Å². The average molecular weight is 531 g/mol. The second-order valence-electron chi connectivity index (χ2n) is 12.0.